The van der Waals surface area contributed by atoms with Crippen LogP contribution in [0.4, 0.5) is 0 Å². The molecule has 0 saturated heterocycles. The van der Waals surface area contributed by atoms with Crippen molar-refractivity contribution in [3.05, 3.63) is 0 Å². The number of aliphatic hydroxyl groups is 1. The molecule has 0 spiro atoms. The quantitative estimate of drug-likeness (QED) is 0.490. The van der Waals surface area contributed by atoms with Crippen LogP contribution in [-0.2, 0) is 9.53 Å². The summed E-state index contributed by atoms with van der Waals surface area (Å²) in [7, 11) is 0. The summed E-state index contributed by atoms with van der Waals surface area (Å²) < 4.78 is 4.86. The van der Waals surface area contributed by atoms with Crippen LogP contribution in [-0.4, -0.2) is 23.8 Å². The van der Waals surface area contributed by atoms with Crippen molar-refractivity contribution in [3.63, 3.8) is 0 Å². The molecule has 1 N–H and O–H groups in total. The number of carbonyl (C=O) groups is 1. The van der Waals surface area contributed by atoms with Gasteiger partial charge in [-0.15, -0.1) is 0 Å². The Bertz CT molecular complexity index is 123. The molecule has 0 aliphatic heterocycles. The summed E-state index contributed by atoms with van der Waals surface area (Å²) in [6, 6.07) is 0. The number of unbranched alkanes of at least 4 members (excludes halogenated alkanes) is 2. The third-order valence-electron chi connectivity index (χ3n) is 1.67. The zero-order valence-corrected chi connectivity index (χ0v) is 7.88. The molecule has 0 saturated carbocycles. The van der Waals surface area contributed by atoms with E-state index in [9.17, 15) is 4.79 Å². The van der Waals surface area contributed by atoms with E-state index >= 15 is 0 Å². The SMILES string of the molecule is CCCCCC(CO)OC(C)=O. The van der Waals surface area contributed by atoms with Crippen molar-refractivity contribution in [2.45, 2.75) is 45.6 Å². The smallest absolute Gasteiger partial charge is 0.302 e. The first kappa shape index (κ1) is 11.4. The van der Waals surface area contributed by atoms with Crippen molar-refractivity contribution in [2.24, 2.45) is 0 Å². The third kappa shape index (κ3) is 6.16. The van der Waals surface area contributed by atoms with Crippen LogP contribution in [0.2, 0.25) is 0 Å². The first-order valence-corrected chi connectivity index (χ1v) is 4.48. The maximum atomic E-state index is 10.5. The van der Waals surface area contributed by atoms with Gasteiger partial charge in [0, 0.05) is 6.92 Å². The first-order valence-electron chi connectivity index (χ1n) is 4.48. The van der Waals surface area contributed by atoms with Gasteiger partial charge in [0.1, 0.15) is 6.10 Å². The Morgan fingerprint density at radius 2 is 2.17 bits per heavy atom. The van der Waals surface area contributed by atoms with Gasteiger partial charge in [-0.2, -0.15) is 0 Å². The topological polar surface area (TPSA) is 46.5 Å². The molecule has 0 aliphatic rings. The highest BCUT2D eigenvalue weighted by atomic mass is 16.5. The summed E-state index contributed by atoms with van der Waals surface area (Å²) in [6.45, 7) is 3.41. The number of rotatable bonds is 6. The Morgan fingerprint density at radius 1 is 1.50 bits per heavy atom. The van der Waals surface area contributed by atoms with Gasteiger partial charge >= 0.3 is 5.97 Å². The monoisotopic (exact) mass is 174 g/mol. The minimum absolute atomic E-state index is 0.0662. The van der Waals surface area contributed by atoms with Gasteiger partial charge in [0.25, 0.3) is 0 Å². The molecule has 1 unspecified atom stereocenters. The van der Waals surface area contributed by atoms with Crippen LogP contribution in [0.3, 0.4) is 0 Å². The molecule has 0 amide bonds. The van der Waals surface area contributed by atoms with E-state index in [0.29, 0.717) is 0 Å². The van der Waals surface area contributed by atoms with Crippen LogP contribution >= 0.6 is 0 Å². The largest absolute Gasteiger partial charge is 0.460 e. The molecule has 0 bridgehead atoms. The van der Waals surface area contributed by atoms with E-state index < -0.39 is 0 Å². The molecule has 0 rings (SSSR count). The Labute approximate surface area is 73.7 Å². The molecule has 3 nitrogen and oxygen atoms in total. The molecule has 0 aromatic carbocycles. The molecular weight excluding hydrogens is 156 g/mol. The van der Waals surface area contributed by atoms with Crippen molar-refractivity contribution >= 4 is 5.97 Å². The highest BCUT2D eigenvalue weighted by molar-refractivity contribution is 5.66. The predicted molar refractivity (Wildman–Crippen MR) is 46.8 cm³/mol. The molecule has 0 fully saturated rings. The van der Waals surface area contributed by atoms with Crippen LogP contribution < -0.4 is 0 Å². The lowest BCUT2D eigenvalue weighted by molar-refractivity contribution is -0.148. The normalized spacial score (nSPS) is 12.6. The van der Waals surface area contributed by atoms with Crippen LogP contribution in [0.15, 0.2) is 0 Å². The fraction of sp³-hybridized carbons (Fsp3) is 0.889. The summed E-state index contributed by atoms with van der Waals surface area (Å²) in [5.41, 5.74) is 0. The average molecular weight is 174 g/mol. The van der Waals surface area contributed by atoms with E-state index in [-0.39, 0.29) is 18.7 Å². The lowest BCUT2D eigenvalue weighted by atomic mass is 10.1. The molecule has 0 aromatic heterocycles. The molecular formula is C9H18O3. The van der Waals surface area contributed by atoms with Crippen LogP contribution in [0.5, 0.6) is 0 Å². The molecule has 0 radical (unpaired) electrons. The molecule has 1 atom stereocenters. The Kier molecular flexibility index (Phi) is 6.76. The van der Waals surface area contributed by atoms with Gasteiger partial charge in [-0.05, 0) is 12.8 Å². The highest BCUT2D eigenvalue weighted by Gasteiger charge is 2.09. The molecule has 3 heteroatoms. The lowest BCUT2D eigenvalue weighted by Crippen LogP contribution is -2.20. The van der Waals surface area contributed by atoms with Gasteiger partial charge in [0.05, 0.1) is 6.61 Å². The van der Waals surface area contributed by atoms with Gasteiger partial charge in [0.15, 0.2) is 0 Å². The number of hydrogen-bond donors (Lipinski definition) is 1. The zero-order chi connectivity index (χ0) is 9.40. The summed E-state index contributed by atoms with van der Waals surface area (Å²) in [4.78, 5) is 10.5. The zero-order valence-electron chi connectivity index (χ0n) is 7.88. The minimum atomic E-state index is -0.314. The summed E-state index contributed by atoms with van der Waals surface area (Å²) in [6.07, 6.45) is 3.74. The standard InChI is InChI=1S/C9H18O3/c1-3-4-5-6-9(7-10)12-8(2)11/h9-10H,3-7H2,1-2H3. The molecule has 0 heterocycles. The van der Waals surface area contributed by atoms with Crippen molar-refractivity contribution in [3.8, 4) is 0 Å². The highest BCUT2D eigenvalue weighted by Crippen LogP contribution is 2.06. The molecule has 72 valence electrons. The number of ether oxygens (including phenoxy) is 1. The van der Waals surface area contributed by atoms with Crippen molar-refractivity contribution in [1.29, 1.82) is 0 Å². The van der Waals surface area contributed by atoms with Crippen molar-refractivity contribution < 1.29 is 14.6 Å². The number of aliphatic hydroxyl groups excluding tert-OH is 1. The fourth-order valence-corrected chi connectivity index (χ4v) is 1.04. The van der Waals surface area contributed by atoms with Gasteiger partial charge in [-0.3, -0.25) is 4.79 Å². The fourth-order valence-electron chi connectivity index (χ4n) is 1.04. The van der Waals surface area contributed by atoms with E-state index in [2.05, 4.69) is 6.92 Å². The molecule has 0 aromatic rings. The van der Waals surface area contributed by atoms with E-state index in [1.54, 1.807) is 0 Å². The Morgan fingerprint density at radius 3 is 2.58 bits per heavy atom. The van der Waals surface area contributed by atoms with Gasteiger partial charge in [-0.25, -0.2) is 0 Å². The van der Waals surface area contributed by atoms with E-state index in [4.69, 9.17) is 9.84 Å². The second-order valence-corrected chi connectivity index (χ2v) is 2.91. The van der Waals surface area contributed by atoms with Gasteiger partial charge < -0.3 is 9.84 Å². The van der Waals surface area contributed by atoms with Gasteiger partial charge in [-0.1, -0.05) is 19.8 Å². The second kappa shape index (κ2) is 7.10. The lowest BCUT2D eigenvalue weighted by Gasteiger charge is -2.13. The molecule has 0 aliphatic carbocycles. The summed E-state index contributed by atoms with van der Waals surface area (Å²) in [5, 5.41) is 8.80. The number of carbonyl (C=O) groups excluding carboxylic acids is 1. The Hall–Kier alpha value is -0.570. The second-order valence-electron chi connectivity index (χ2n) is 2.91. The van der Waals surface area contributed by atoms with E-state index in [1.165, 1.54) is 6.92 Å². The van der Waals surface area contributed by atoms with Crippen molar-refractivity contribution in [1.82, 2.24) is 0 Å². The Balaban J connectivity index is 3.46. The number of esters is 1. The van der Waals surface area contributed by atoms with Crippen LogP contribution in [0.1, 0.15) is 39.5 Å². The maximum Gasteiger partial charge on any atom is 0.302 e. The third-order valence-corrected chi connectivity index (χ3v) is 1.67. The average Bonchev–Trinajstić information content (AvgIpc) is 2.02. The summed E-state index contributed by atoms with van der Waals surface area (Å²) in [5.74, 6) is -0.314. The summed E-state index contributed by atoms with van der Waals surface area (Å²) >= 11 is 0. The van der Waals surface area contributed by atoms with E-state index in [1.807, 2.05) is 0 Å². The van der Waals surface area contributed by atoms with Crippen LogP contribution in [0.25, 0.3) is 0 Å². The maximum absolute atomic E-state index is 10.5. The molecule has 12 heavy (non-hydrogen) atoms. The minimum Gasteiger partial charge on any atom is -0.460 e. The van der Waals surface area contributed by atoms with Crippen molar-refractivity contribution in [2.75, 3.05) is 6.61 Å². The van der Waals surface area contributed by atoms with Gasteiger partial charge in [0.2, 0.25) is 0 Å². The predicted octanol–water partition coefficient (Wildman–Crippen LogP) is 1.49. The number of hydrogen-bond acceptors (Lipinski definition) is 3. The van der Waals surface area contributed by atoms with E-state index in [0.717, 1.165) is 25.7 Å². The first-order chi connectivity index (χ1) is 5.70. The van der Waals surface area contributed by atoms with Crippen LogP contribution in [0, 0.1) is 0 Å².